The first kappa shape index (κ1) is 17.0. The van der Waals surface area contributed by atoms with E-state index in [0.717, 1.165) is 37.4 Å². The largest absolute Gasteiger partial charge is 0.304 e. The Balaban J connectivity index is 1.51. The number of nitrogens with zero attached hydrogens (tertiary/aromatic N) is 4. The van der Waals surface area contributed by atoms with Crippen LogP contribution in [0.3, 0.4) is 0 Å². The maximum Gasteiger partial charge on any atom is 0.199 e. The molecule has 3 heterocycles. The fourth-order valence-electron chi connectivity index (χ4n) is 4.25. The Morgan fingerprint density at radius 2 is 1.84 bits per heavy atom. The standard InChI is InChI=1S/C20H28N4S/c25-20-23-14-7-2-5-12-19(23)21-24(20)16-22-13-8-6-11-18(22)15-17-9-3-1-4-10-17/h1,3-4,9-10,18H,2,5-8,11-16H2. The first-order chi connectivity index (χ1) is 12.3. The summed E-state index contributed by atoms with van der Waals surface area (Å²) in [7, 11) is 0. The molecule has 1 aromatic carbocycles. The molecular weight excluding hydrogens is 328 g/mol. The summed E-state index contributed by atoms with van der Waals surface area (Å²) in [6.45, 7) is 3.04. The Hall–Kier alpha value is -1.46. The molecule has 0 radical (unpaired) electrons. The van der Waals surface area contributed by atoms with Gasteiger partial charge in [0.1, 0.15) is 5.82 Å². The molecule has 1 atom stereocenters. The molecule has 1 fully saturated rings. The van der Waals surface area contributed by atoms with Gasteiger partial charge in [-0.25, -0.2) is 4.68 Å². The fraction of sp³-hybridized carbons (Fsp3) is 0.600. The molecule has 0 N–H and O–H groups in total. The lowest BCUT2D eigenvalue weighted by molar-refractivity contribution is 0.103. The van der Waals surface area contributed by atoms with Crippen molar-refractivity contribution in [1.82, 2.24) is 19.2 Å². The molecule has 4 rings (SSSR count). The van der Waals surface area contributed by atoms with E-state index in [1.165, 1.54) is 49.9 Å². The van der Waals surface area contributed by atoms with Crippen LogP contribution in [0.2, 0.25) is 0 Å². The molecule has 2 aliphatic heterocycles. The molecule has 2 aliphatic rings. The van der Waals surface area contributed by atoms with Crippen molar-refractivity contribution in [3.8, 4) is 0 Å². The zero-order chi connectivity index (χ0) is 17.1. The molecule has 0 spiro atoms. The minimum atomic E-state index is 0.597. The second kappa shape index (κ2) is 7.83. The molecule has 0 bridgehead atoms. The van der Waals surface area contributed by atoms with Gasteiger partial charge in [0.05, 0.1) is 6.67 Å². The quantitative estimate of drug-likeness (QED) is 0.768. The molecule has 0 amide bonds. The maximum atomic E-state index is 5.75. The fourth-order valence-corrected chi connectivity index (χ4v) is 4.55. The number of hydrogen-bond donors (Lipinski definition) is 0. The summed E-state index contributed by atoms with van der Waals surface area (Å²) in [4.78, 5) is 2.60. The predicted molar refractivity (Wildman–Crippen MR) is 103 cm³/mol. The van der Waals surface area contributed by atoms with Crippen LogP contribution in [0, 0.1) is 4.77 Å². The lowest BCUT2D eigenvalue weighted by atomic mass is 9.96. The highest BCUT2D eigenvalue weighted by Gasteiger charge is 2.24. The minimum absolute atomic E-state index is 0.597. The van der Waals surface area contributed by atoms with Gasteiger partial charge in [-0.2, -0.15) is 5.10 Å². The summed E-state index contributed by atoms with van der Waals surface area (Å²) in [6.07, 6.45) is 9.86. The molecule has 1 saturated heterocycles. The van der Waals surface area contributed by atoms with Crippen LogP contribution in [0.1, 0.15) is 49.9 Å². The first-order valence-electron chi connectivity index (χ1n) is 9.76. The van der Waals surface area contributed by atoms with Gasteiger partial charge in [-0.3, -0.25) is 4.90 Å². The number of hydrogen-bond acceptors (Lipinski definition) is 3. The summed E-state index contributed by atoms with van der Waals surface area (Å²) >= 11 is 5.75. The van der Waals surface area contributed by atoms with E-state index in [4.69, 9.17) is 17.3 Å². The van der Waals surface area contributed by atoms with Crippen LogP contribution in [0.25, 0.3) is 0 Å². The SMILES string of the molecule is S=c1n(CN2CCCCC2Cc2ccccc2)nc2n1CCCCC2. The zero-order valence-corrected chi connectivity index (χ0v) is 15.8. The summed E-state index contributed by atoms with van der Waals surface area (Å²) in [5.41, 5.74) is 1.43. The number of aryl methyl sites for hydroxylation is 1. The van der Waals surface area contributed by atoms with Crippen LogP contribution in [0.15, 0.2) is 30.3 Å². The van der Waals surface area contributed by atoms with Crippen LogP contribution < -0.4 is 0 Å². The van der Waals surface area contributed by atoms with E-state index < -0.39 is 0 Å². The Kier molecular flexibility index (Phi) is 5.32. The number of piperidine rings is 1. The van der Waals surface area contributed by atoms with Gasteiger partial charge in [-0.05, 0) is 49.9 Å². The molecule has 5 heteroatoms. The molecule has 0 saturated carbocycles. The van der Waals surface area contributed by atoms with E-state index >= 15 is 0 Å². The van der Waals surface area contributed by atoms with Gasteiger partial charge < -0.3 is 4.57 Å². The number of fused-ring (bicyclic) bond motifs is 1. The van der Waals surface area contributed by atoms with Crippen molar-refractivity contribution in [3.05, 3.63) is 46.5 Å². The van der Waals surface area contributed by atoms with Gasteiger partial charge in [0.15, 0.2) is 4.77 Å². The van der Waals surface area contributed by atoms with Crippen molar-refractivity contribution >= 4 is 12.2 Å². The number of aromatic nitrogens is 3. The molecule has 2 aromatic rings. The van der Waals surface area contributed by atoms with Crippen molar-refractivity contribution < 1.29 is 0 Å². The third kappa shape index (κ3) is 3.87. The van der Waals surface area contributed by atoms with E-state index in [2.05, 4.69) is 44.5 Å². The van der Waals surface area contributed by atoms with E-state index in [9.17, 15) is 0 Å². The van der Waals surface area contributed by atoms with Gasteiger partial charge >= 0.3 is 0 Å². The summed E-state index contributed by atoms with van der Waals surface area (Å²) in [5.74, 6) is 1.19. The van der Waals surface area contributed by atoms with Gasteiger partial charge in [0.2, 0.25) is 0 Å². The van der Waals surface area contributed by atoms with Crippen LogP contribution in [-0.4, -0.2) is 31.8 Å². The topological polar surface area (TPSA) is 26.0 Å². The van der Waals surface area contributed by atoms with E-state index in [1.54, 1.807) is 0 Å². The molecule has 4 nitrogen and oxygen atoms in total. The highest BCUT2D eigenvalue weighted by molar-refractivity contribution is 7.71. The monoisotopic (exact) mass is 356 g/mol. The smallest absolute Gasteiger partial charge is 0.199 e. The predicted octanol–water partition coefficient (Wildman–Crippen LogP) is 4.20. The number of likely N-dealkylation sites (tertiary alicyclic amines) is 1. The maximum absolute atomic E-state index is 5.75. The Morgan fingerprint density at radius 1 is 1.00 bits per heavy atom. The Bertz CT molecular complexity index is 749. The third-order valence-corrected chi connectivity index (χ3v) is 6.09. The third-order valence-electron chi connectivity index (χ3n) is 5.66. The van der Waals surface area contributed by atoms with Gasteiger partial charge in [-0.15, -0.1) is 0 Å². The summed E-state index contributed by atoms with van der Waals surface area (Å²) in [5, 5.41) is 4.88. The lowest BCUT2D eigenvalue weighted by Crippen LogP contribution is -2.42. The molecule has 1 aromatic heterocycles. The minimum Gasteiger partial charge on any atom is -0.304 e. The van der Waals surface area contributed by atoms with Crippen LogP contribution >= 0.6 is 12.2 Å². The second-order valence-electron chi connectivity index (χ2n) is 7.45. The van der Waals surface area contributed by atoms with Crippen molar-refractivity contribution in [1.29, 1.82) is 0 Å². The van der Waals surface area contributed by atoms with Crippen LogP contribution in [0.4, 0.5) is 0 Å². The van der Waals surface area contributed by atoms with Gasteiger partial charge in [0, 0.05) is 25.6 Å². The van der Waals surface area contributed by atoms with Crippen LogP contribution in [0.5, 0.6) is 0 Å². The second-order valence-corrected chi connectivity index (χ2v) is 7.82. The zero-order valence-electron chi connectivity index (χ0n) is 14.9. The average molecular weight is 357 g/mol. The van der Waals surface area contributed by atoms with E-state index in [-0.39, 0.29) is 0 Å². The highest BCUT2D eigenvalue weighted by Crippen LogP contribution is 2.22. The summed E-state index contributed by atoms with van der Waals surface area (Å²) < 4.78 is 5.28. The van der Waals surface area contributed by atoms with Gasteiger partial charge in [0.25, 0.3) is 0 Å². The number of rotatable bonds is 4. The van der Waals surface area contributed by atoms with E-state index in [0.29, 0.717) is 6.04 Å². The molecular formula is C20H28N4S. The van der Waals surface area contributed by atoms with Crippen LogP contribution in [-0.2, 0) is 26.1 Å². The first-order valence-corrected chi connectivity index (χ1v) is 10.2. The van der Waals surface area contributed by atoms with Crippen molar-refractivity contribution in [2.24, 2.45) is 0 Å². The average Bonchev–Trinajstić information content (AvgIpc) is 2.81. The molecule has 0 aliphatic carbocycles. The van der Waals surface area contributed by atoms with Crippen molar-refractivity contribution in [2.75, 3.05) is 6.54 Å². The summed E-state index contributed by atoms with van der Waals surface area (Å²) in [6, 6.07) is 11.5. The molecule has 25 heavy (non-hydrogen) atoms. The lowest BCUT2D eigenvalue weighted by Gasteiger charge is -2.35. The Labute approximate surface area is 155 Å². The Morgan fingerprint density at radius 3 is 2.72 bits per heavy atom. The van der Waals surface area contributed by atoms with Crippen molar-refractivity contribution in [2.45, 2.75) is 70.6 Å². The molecule has 1 unspecified atom stereocenters. The van der Waals surface area contributed by atoms with E-state index in [1.807, 2.05) is 0 Å². The highest BCUT2D eigenvalue weighted by atomic mass is 32.1. The normalized spacial score (nSPS) is 21.7. The van der Waals surface area contributed by atoms with Gasteiger partial charge in [-0.1, -0.05) is 43.2 Å². The number of benzene rings is 1. The van der Waals surface area contributed by atoms with Crippen molar-refractivity contribution in [3.63, 3.8) is 0 Å². The molecule has 134 valence electrons.